The highest BCUT2D eigenvalue weighted by Gasteiger charge is 2.25. The molecule has 1 aromatic heterocycles. The first kappa shape index (κ1) is 22.8. The number of methoxy groups -OCH3 is 2. The molecule has 4 rings (SSSR count). The van der Waals surface area contributed by atoms with E-state index in [2.05, 4.69) is 58.6 Å². The Kier molecular flexibility index (Phi) is 6.86. The maximum absolute atomic E-state index is 12.2. The van der Waals surface area contributed by atoms with Crippen molar-refractivity contribution in [3.8, 4) is 17.1 Å². The van der Waals surface area contributed by atoms with Crippen LogP contribution in [0.5, 0.6) is 5.75 Å². The number of fused-ring (bicyclic) bond motifs is 1. The summed E-state index contributed by atoms with van der Waals surface area (Å²) in [5, 5.41) is 0. The van der Waals surface area contributed by atoms with Gasteiger partial charge >= 0.3 is 0 Å². The van der Waals surface area contributed by atoms with Crippen LogP contribution in [0.4, 0.5) is 0 Å². The van der Waals surface area contributed by atoms with Crippen LogP contribution >= 0.6 is 15.9 Å². The van der Waals surface area contributed by atoms with Crippen LogP contribution in [0.3, 0.4) is 0 Å². The summed E-state index contributed by atoms with van der Waals surface area (Å²) in [6, 6.07) is 10.6. The number of carbonyl (C=O) groups excluding carboxylic acids is 1. The summed E-state index contributed by atoms with van der Waals surface area (Å²) in [5.41, 5.74) is 5.11. The molecule has 1 amide bonds. The number of halogens is 1. The van der Waals surface area contributed by atoms with E-state index < -0.39 is 0 Å². The van der Waals surface area contributed by atoms with Crippen molar-refractivity contribution in [2.45, 2.75) is 45.7 Å². The van der Waals surface area contributed by atoms with Crippen molar-refractivity contribution >= 4 is 32.9 Å². The van der Waals surface area contributed by atoms with E-state index in [0.29, 0.717) is 32.0 Å². The van der Waals surface area contributed by atoms with E-state index in [1.807, 2.05) is 11.0 Å². The van der Waals surface area contributed by atoms with Crippen LogP contribution in [0.15, 0.2) is 34.8 Å². The van der Waals surface area contributed by atoms with Crippen LogP contribution in [0.2, 0.25) is 0 Å². The second-order valence-electron chi connectivity index (χ2n) is 8.52. The molecule has 0 radical (unpaired) electrons. The number of hydrogen-bond acceptors (Lipinski definition) is 4. The molecular formula is C25H30BrN3O3. The third-order valence-corrected chi connectivity index (χ3v) is 6.99. The lowest BCUT2D eigenvalue weighted by Gasteiger charge is -2.18. The van der Waals surface area contributed by atoms with Crippen LogP contribution in [-0.4, -0.2) is 47.7 Å². The number of aromatic nitrogens is 2. The molecule has 1 fully saturated rings. The molecule has 3 aromatic rings. The second-order valence-corrected chi connectivity index (χ2v) is 9.32. The van der Waals surface area contributed by atoms with Gasteiger partial charge in [-0.15, -0.1) is 0 Å². The van der Waals surface area contributed by atoms with Crippen LogP contribution in [0.25, 0.3) is 22.4 Å². The fourth-order valence-corrected chi connectivity index (χ4v) is 4.80. The number of likely N-dealkylation sites (tertiary alicyclic amines) is 1. The molecule has 0 aliphatic carbocycles. The lowest BCUT2D eigenvalue weighted by molar-refractivity contribution is -0.128. The van der Waals surface area contributed by atoms with Gasteiger partial charge in [-0.2, -0.15) is 0 Å². The average Bonchev–Trinajstić information content (AvgIpc) is 3.38. The van der Waals surface area contributed by atoms with Crippen molar-refractivity contribution in [3.63, 3.8) is 0 Å². The molecule has 1 saturated heterocycles. The number of carbonyl (C=O) groups is 1. The molecule has 2 heterocycles. The van der Waals surface area contributed by atoms with E-state index in [-0.39, 0.29) is 5.91 Å². The lowest BCUT2D eigenvalue weighted by atomic mass is 10.0. The smallest absolute Gasteiger partial charge is 0.222 e. The van der Waals surface area contributed by atoms with E-state index in [1.165, 1.54) is 5.56 Å². The van der Waals surface area contributed by atoms with Crippen LogP contribution < -0.4 is 4.74 Å². The molecule has 2 aromatic carbocycles. The fourth-order valence-electron chi connectivity index (χ4n) is 4.28. The van der Waals surface area contributed by atoms with Gasteiger partial charge in [-0.25, -0.2) is 4.98 Å². The highest BCUT2D eigenvalue weighted by molar-refractivity contribution is 9.10. The Hall–Kier alpha value is -2.38. The summed E-state index contributed by atoms with van der Waals surface area (Å²) in [5.74, 6) is 2.30. The van der Waals surface area contributed by atoms with Gasteiger partial charge in [-0.05, 0) is 45.5 Å². The number of rotatable bonds is 8. The first-order valence-electron chi connectivity index (χ1n) is 11.1. The van der Waals surface area contributed by atoms with Gasteiger partial charge in [0.2, 0.25) is 5.91 Å². The summed E-state index contributed by atoms with van der Waals surface area (Å²) in [6.07, 6.45) is 1.54. The maximum atomic E-state index is 12.2. The van der Waals surface area contributed by atoms with Crippen LogP contribution in [0.1, 0.15) is 43.7 Å². The number of nitrogens with zero attached hydrogens (tertiary/aromatic N) is 3. The highest BCUT2D eigenvalue weighted by Crippen LogP contribution is 2.39. The van der Waals surface area contributed by atoms with Crippen molar-refractivity contribution in [1.29, 1.82) is 0 Å². The average molecular weight is 500 g/mol. The summed E-state index contributed by atoms with van der Waals surface area (Å²) < 4.78 is 14.3. The van der Waals surface area contributed by atoms with E-state index >= 15 is 0 Å². The molecule has 0 saturated carbocycles. The summed E-state index contributed by atoms with van der Waals surface area (Å²) >= 11 is 3.79. The Labute approximate surface area is 197 Å². The van der Waals surface area contributed by atoms with E-state index in [0.717, 1.165) is 51.2 Å². The summed E-state index contributed by atoms with van der Waals surface area (Å²) in [7, 11) is 3.38. The Bertz CT molecular complexity index is 1120. The predicted octanol–water partition coefficient (Wildman–Crippen LogP) is 5.37. The fraction of sp³-hybridized carbons (Fsp3) is 0.440. The zero-order valence-corrected chi connectivity index (χ0v) is 20.7. The molecule has 170 valence electrons. The molecule has 0 atom stereocenters. The molecule has 1 aliphatic heterocycles. The minimum Gasteiger partial charge on any atom is -0.494 e. The Morgan fingerprint density at radius 1 is 1.19 bits per heavy atom. The molecule has 1 aliphatic rings. The van der Waals surface area contributed by atoms with Crippen molar-refractivity contribution < 1.29 is 14.3 Å². The molecule has 0 unspecified atom stereocenters. The number of hydrogen-bond donors (Lipinski definition) is 0. The minimum atomic E-state index is 0.201. The van der Waals surface area contributed by atoms with Gasteiger partial charge in [0.25, 0.3) is 0 Å². The van der Waals surface area contributed by atoms with Crippen LogP contribution in [0, 0.1) is 0 Å². The van der Waals surface area contributed by atoms with E-state index in [1.54, 1.807) is 14.2 Å². The Morgan fingerprint density at radius 3 is 2.53 bits per heavy atom. The number of benzene rings is 2. The first-order valence-corrected chi connectivity index (χ1v) is 11.9. The predicted molar refractivity (Wildman–Crippen MR) is 130 cm³/mol. The third-order valence-electron chi connectivity index (χ3n) is 6.10. The molecule has 32 heavy (non-hydrogen) atoms. The van der Waals surface area contributed by atoms with Crippen molar-refractivity contribution in [2.24, 2.45) is 0 Å². The number of ether oxygens (including phenoxy) is 2. The van der Waals surface area contributed by atoms with Gasteiger partial charge in [0.05, 0.1) is 18.2 Å². The topological polar surface area (TPSA) is 56.6 Å². The molecule has 0 N–H and O–H groups in total. The zero-order chi connectivity index (χ0) is 22.8. The Balaban J connectivity index is 1.86. The lowest BCUT2D eigenvalue weighted by Crippen LogP contribution is -2.24. The van der Waals surface area contributed by atoms with Gasteiger partial charge in [0.15, 0.2) is 0 Å². The molecule has 6 nitrogen and oxygen atoms in total. The summed E-state index contributed by atoms with van der Waals surface area (Å²) in [4.78, 5) is 19.1. The Morgan fingerprint density at radius 2 is 1.94 bits per heavy atom. The normalized spacial score (nSPS) is 14.2. The van der Waals surface area contributed by atoms with E-state index in [9.17, 15) is 4.79 Å². The first-order chi connectivity index (χ1) is 15.4. The largest absolute Gasteiger partial charge is 0.494 e. The van der Waals surface area contributed by atoms with E-state index in [4.69, 9.17) is 14.5 Å². The zero-order valence-electron chi connectivity index (χ0n) is 19.2. The molecular weight excluding hydrogens is 470 g/mol. The van der Waals surface area contributed by atoms with Crippen molar-refractivity contribution in [2.75, 3.05) is 27.4 Å². The minimum absolute atomic E-state index is 0.201. The molecule has 0 bridgehead atoms. The van der Waals surface area contributed by atoms with Gasteiger partial charge in [-0.3, -0.25) is 4.79 Å². The van der Waals surface area contributed by atoms with Gasteiger partial charge in [0.1, 0.15) is 22.6 Å². The molecule has 7 heteroatoms. The monoisotopic (exact) mass is 499 g/mol. The number of amides is 1. The summed E-state index contributed by atoms with van der Waals surface area (Å²) in [6.45, 7) is 6.94. The quantitative estimate of drug-likeness (QED) is 0.418. The molecule has 0 spiro atoms. The maximum Gasteiger partial charge on any atom is 0.222 e. The van der Waals surface area contributed by atoms with Gasteiger partial charge < -0.3 is 18.9 Å². The highest BCUT2D eigenvalue weighted by atomic mass is 79.9. The number of imidazole rings is 1. The van der Waals surface area contributed by atoms with Crippen LogP contribution in [-0.2, 0) is 22.6 Å². The third kappa shape index (κ3) is 4.28. The standard InChI is InChI=1S/C25H30BrN3O3/c1-16(2)17-7-9-18(10-8-17)25-27-23-22(26)19(15-28-11-5-6-21(28)30)14-20(32-4)24(23)29(25)12-13-31-3/h7-10,14,16H,5-6,11-13,15H2,1-4H3. The SMILES string of the molecule is COCCn1c(-c2ccc(C(C)C)cc2)nc2c(Br)c(CN3CCCC3=O)cc(OC)c21. The van der Waals surface area contributed by atoms with Gasteiger partial charge in [0, 0.05) is 38.7 Å². The van der Waals surface area contributed by atoms with Crippen molar-refractivity contribution in [1.82, 2.24) is 14.5 Å². The van der Waals surface area contributed by atoms with Crippen molar-refractivity contribution in [3.05, 3.63) is 45.9 Å². The van der Waals surface area contributed by atoms with Gasteiger partial charge in [-0.1, -0.05) is 38.1 Å². The second kappa shape index (κ2) is 9.63.